The third kappa shape index (κ3) is 2.71. The van der Waals surface area contributed by atoms with Crippen molar-refractivity contribution in [3.8, 4) is 0 Å². The topological polar surface area (TPSA) is 89.4 Å². The summed E-state index contributed by atoms with van der Waals surface area (Å²) < 4.78 is 13.1. The number of rotatable bonds is 4. The highest BCUT2D eigenvalue weighted by molar-refractivity contribution is 5.35. The molecule has 6 heteroatoms. The van der Waals surface area contributed by atoms with Gasteiger partial charge in [0.15, 0.2) is 0 Å². The Bertz CT molecular complexity index is 370. The van der Waals surface area contributed by atoms with Crippen LogP contribution in [0.3, 0.4) is 0 Å². The SMILES string of the molecule is NCCC(O)c1ccc([N+](=O)[O-])c(F)c1. The fraction of sp³-hybridized carbons (Fsp3) is 0.333. The lowest BCUT2D eigenvalue weighted by Gasteiger charge is -2.08. The van der Waals surface area contributed by atoms with E-state index in [1.807, 2.05) is 0 Å². The van der Waals surface area contributed by atoms with Crippen molar-refractivity contribution in [2.75, 3.05) is 6.54 Å². The molecule has 1 rings (SSSR count). The number of halogens is 1. The molecule has 0 saturated heterocycles. The maximum atomic E-state index is 13.1. The van der Waals surface area contributed by atoms with Gasteiger partial charge >= 0.3 is 5.69 Å². The second kappa shape index (κ2) is 4.81. The predicted molar refractivity (Wildman–Crippen MR) is 51.7 cm³/mol. The molecule has 15 heavy (non-hydrogen) atoms. The van der Waals surface area contributed by atoms with Gasteiger partial charge in [-0.25, -0.2) is 0 Å². The van der Waals surface area contributed by atoms with Gasteiger partial charge in [0.2, 0.25) is 5.82 Å². The van der Waals surface area contributed by atoms with Crippen LogP contribution in [-0.4, -0.2) is 16.6 Å². The summed E-state index contributed by atoms with van der Waals surface area (Å²) in [6.45, 7) is 0.264. The average molecular weight is 214 g/mol. The largest absolute Gasteiger partial charge is 0.388 e. The lowest BCUT2D eigenvalue weighted by atomic mass is 10.1. The molecule has 82 valence electrons. The third-order valence-corrected chi connectivity index (χ3v) is 1.99. The fourth-order valence-corrected chi connectivity index (χ4v) is 1.20. The van der Waals surface area contributed by atoms with Crippen molar-refractivity contribution >= 4 is 5.69 Å². The highest BCUT2D eigenvalue weighted by Gasteiger charge is 2.16. The van der Waals surface area contributed by atoms with Crippen molar-refractivity contribution in [1.29, 1.82) is 0 Å². The van der Waals surface area contributed by atoms with Crippen molar-refractivity contribution in [1.82, 2.24) is 0 Å². The molecule has 0 heterocycles. The van der Waals surface area contributed by atoms with E-state index in [1.54, 1.807) is 0 Å². The normalized spacial score (nSPS) is 12.5. The van der Waals surface area contributed by atoms with Crippen LogP contribution in [0.2, 0.25) is 0 Å². The van der Waals surface area contributed by atoms with E-state index >= 15 is 0 Å². The van der Waals surface area contributed by atoms with Crippen LogP contribution in [0.4, 0.5) is 10.1 Å². The monoisotopic (exact) mass is 214 g/mol. The van der Waals surface area contributed by atoms with Gasteiger partial charge in [0.25, 0.3) is 0 Å². The van der Waals surface area contributed by atoms with Crippen molar-refractivity contribution in [2.24, 2.45) is 5.73 Å². The van der Waals surface area contributed by atoms with Crippen LogP contribution in [0.1, 0.15) is 18.1 Å². The van der Waals surface area contributed by atoms with Crippen LogP contribution in [0.15, 0.2) is 18.2 Å². The Morgan fingerprint density at radius 3 is 2.73 bits per heavy atom. The molecule has 0 saturated carbocycles. The quantitative estimate of drug-likeness (QED) is 0.580. The van der Waals surface area contributed by atoms with Gasteiger partial charge in [-0.15, -0.1) is 0 Å². The van der Waals surface area contributed by atoms with E-state index in [0.29, 0.717) is 5.56 Å². The molecular weight excluding hydrogens is 203 g/mol. The molecule has 0 aliphatic carbocycles. The smallest absolute Gasteiger partial charge is 0.304 e. The van der Waals surface area contributed by atoms with Gasteiger partial charge in [0, 0.05) is 6.07 Å². The lowest BCUT2D eigenvalue weighted by molar-refractivity contribution is -0.387. The molecule has 0 aromatic heterocycles. The van der Waals surface area contributed by atoms with Gasteiger partial charge in [0.05, 0.1) is 11.0 Å². The fourth-order valence-electron chi connectivity index (χ4n) is 1.20. The van der Waals surface area contributed by atoms with Crippen LogP contribution in [0.25, 0.3) is 0 Å². The van der Waals surface area contributed by atoms with E-state index in [2.05, 4.69) is 0 Å². The number of hydrogen-bond acceptors (Lipinski definition) is 4. The first kappa shape index (κ1) is 11.5. The van der Waals surface area contributed by atoms with Crippen LogP contribution in [0, 0.1) is 15.9 Å². The predicted octanol–water partition coefficient (Wildman–Crippen LogP) is 1.12. The average Bonchev–Trinajstić information content (AvgIpc) is 2.17. The van der Waals surface area contributed by atoms with Crippen molar-refractivity contribution < 1.29 is 14.4 Å². The van der Waals surface area contributed by atoms with E-state index in [4.69, 9.17) is 5.73 Å². The zero-order chi connectivity index (χ0) is 11.4. The minimum atomic E-state index is -0.950. The summed E-state index contributed by atoms with van der Waals surface area (Å²) in [6.07, 6.45) is -0.595. The highest BCUT2D eigenvalue weighted by Crippen LogP contribution is 2.23. The van der Waals surface area contributed by atoms with Gasteiger partial charge in [-0.2, -0.15) is 4.39 Å². The van der Waals surface area contributed by atoms with Crippen molar-refractivity contribution in [3.63, 3.8) is 0 Å². The molecule has 1 atom stereocenters. The van der Waals surface area contributed by atoms with E-state index in [9.17, 15) is 19.6 Å². The number of hydrogen-bond donors (Lipinski definition) is 2. The summed E-state index contributed by atoms with van der Waals surface area (Å²) in [5.74, 6) is -0.950. The third-order valence-electron chi connectivity index (χ3n) is 1.99. The summed E-state index contributed by atoms with van der Waals surface area (Å²) >= 11 is 0. The molecule has 0 amide bonds. The molecular formula is C9H11FN2O3. The number of nitrogens with two attached hydrogens (primary N) is 1. The Labute approximate surface area is 85.5 Å². The molecule has 0 spiro atoms. The second-order valence-electron chi connectivity index (χ2n) is 3.06. The Kier molecular flexibility index (Phi) is 3.70. The van der Waals surface area contributed by atoms with Crippen LogP contribution in [-0.2, 0) is 0 Å². The Morgan fingerprint density at radius 1 is 1.60 bits per heavy atom. The number of aliphatic hydroxyl groups is 1. The summed E-state index contributed by atoms with van der Waals surface area (Å²) in [6, 6.07) is 3.31. The number of nitro benzene ring substituents is 1. The van der Waals surface area contributed by atoms with Crippen LogP contribution >= 0.6 is 0 Å². The molecule has 1 aromatic rings. The molecule has 0 aliphatic heterocycles. The number of aliphatic hydroxyl groups excluding tert-OH is 1. The summed E-state index contributed by atoms with van der Waals surface area (Å²) in [5, 5.41) is 19.8. The summed E-state index contributed by atoms with van der Waals surface area (Å²) in [7, 11) is 0. The van der Waals surface area contributed by atoms with Crippen LogP contribution in [0.5, 0.6) is 0 Å². The Hall–Kier alpha value is -1.53. The standard InChI is InChI=1S/C9H11FN2O3/c10-7-5-6(9(13)3-4-11)1-2-8(7)12(14)15/h1-2,5,9,13H,3-4,11H2. The van der Waals surface area contributed by atoms with E-state index in [0.717, 1.165) is 12.1 Å². The number of nitro groups is 1. The highest BCUT2D eigenvalue weighted by atomic mass is 19.1. The first-order chi connectivity index (χ1) is 7.06. The van der Waals surface area contributed by atoms with E-state index in [-0.39, 0.29) is 13.0 Å². The maximum absolute atomic E-state index is 13.1. The lowest BCUT2D eigenvalue weighted by Crippen LogP contribution is -2.07. The summed E-state index contributed by atoms with van der Waals surface area (Å²) in [5.41, 5.74) is 4.92. The molecule has 0 radical (unpaired) electrons. The zero-order valence-corrected chi connectivity index (χ0v) is 7.89. The van der Waals surface area contributed by atoms with Gasteiger partial charge in [0.1, 0.15) is 0 Å². The molecule has 0 fully saturated rings. The number of benzene rings is 1. The molecule has 3 N–H and O–H groups in total. The first-order valence-electron chi connectivity index (χ1n) is 4.38. The zero-order valence-electron chi connectivity index (χ0n) is 7.89. The van der Waals surface area contributed by atoms with Gasteiger partial charge < -0.3 is 10.8 Å². The second-order valence-corrected chi connectivity index (χ2v) is 3.06. The van der Waals surface area contributed by atoms with Crippen molar-refractivity contribution in [3.05, 3.63) is 39.7 Å². The molecule has 1 aromatic carbocycles. The van der Waals surface area contributed by atoms with E-state index < -0.39 is 22.5 Å². The van der Waals surface area contributed by atoms with Crippen LogP contribution < -0.4 is 5.73 Å². The first-order valence-corrected chi connectivity index (χ1v) is 4.38. The van der Waals surface area contributed by atoms with Gasteiger partial charge in [-0.3, -0.25) is 10.1 Å². The van der Waals surface area contributed by atoms with E-state index in [1.165, 1.54) is 6.07 Å². The minimum Gasteiger partial charge on any atom is -0.388 e. The Morgan fingerprint density at radius 2 is 2.27 bits per heavy atom. The number of nitrogens with zero attached hydrogens (tertiary/aromatic N) is 1. The Balaban J connectivity index is 2.96. The molecule has 0 aliphatic rings. The minimum absolute atomic E-state index is 0.264. The molecule has 5 nitrogen and oxygen atoms in total. The van der Waals surface area contributed by atoms with Gasteiger partial charge in [-0.05, 0) is 30.7 Å². The molecule has 0 bridgehead atoms. The summed E-state index contributed by atoms with van der Waals surface area (Å²) in [4.78, 5) is 9.50. The van der Waals surface area contributed by atoms with Gasteiger partial charge in [-0.1, -0.05) is 0 Å². The van der Waals surface area contributed by atoms with Crippen molar-refractivity contribution in [2.45, 2.75) is 12.5 Å². The maximum Gasteiger partial charge on any atom is 0.304 e. The molecule has 1 unspecified atom stereocenters.